The van der Waals surface area contributed by atoms with Crippen LogP contribution in [-0.4, -0.2) is 59.9 Å². The van der Waals surface area contributed by atoms with Gasteiger partial charge in [0.2, 0.25) is 11.8 Å². The molecule has 0 spiro atoms. The zero-order valence-electron chi connectivity index (χ0n) is 18.4. The number of piperidine rings is 1. The second-order valence-corrected chi connectivity index (χ2v) is 9.55. The number of fused-ring (bicyclic) bond motifs is 1. The minimum atomic E-state index is -0.332. The Bertz CT molecular complexity index is 716. The topological polar surface area (TPSA) is 52.7 Å². The highest BCUT2D eigenvalue weighted by Gasteiger charge is 2.43. The lowest BCUT2D eigenvalue weighted by Gasteiger charge is -2.40. The van der Waals surface area contributed by atoms with Gasteiger partial charge >= 0.3 is 0 Å². The molecule has 1 aliphatic carbocycles. The van der Waals surface area contributed by atoms with Crippen molar-refractivity contribution < 1.29 is 9.59 Å². The molecule has 4 rings (SSSR count). The standard InChI is InChI=1S/C25H37N3O2/c1-19(29)26-24(22-10-6-3-7-11-22)25(30)28-17-14-21-13-16-27(18-23(21)28)15-12-20-8-4-2-5-9-20/h2,4-5,8-9,21-24H,3,6-7,10-18H2,1H3,(H,26,29)/t21-,23-,24?/m1/s1. The Balaban J connectivity index is 1.40. The zero-order valence-corrected chi connectivity index (χ0v) is 18.4. The lowest BCUT2D eigenvalue weighted by molar-refractivity contribution is -0.139. The maximum atomic E-state index is 13.6. The van der Waals surface area contributed by atoms with Crippen LogP contribution in [0.1, 0.15) is 57.4 Å². The third-order valence-electron chi connectivity index (χ3n) is 7.54. The number of carbonyl (C=O) groups is 2. The number of hydrogen-bond acceptors (Lipinski definition) is 3. The summed E-state index contributed by atoms with van der Waals surface area (Å²) in [6.07, 6.45) is 9.06. The maximum absolute atomic E-state index is 13.6. The third kappa shape index (κ3) is 5.05. The van der Waals surface area contributed by atoms with Crippen LogP contribution in [0, 0.1) is 11.8 Å². The number of benzene rings is 1. The van der Waals surface area contributed by atoms with E-state index in [1.54, 1.807) is 6.92 Å². The zero-order chi connectivity index (χ0) is 20.9. The molecule has 2 saturated heterocycles. The van der Waals surface area contributed by atoms with Gasteiger partial charge in [-0.1, -0.05) is 49.6 Å². The molecule has 2 amide bonds. The molecule has 1 aromatic carbocycles. The van der Waals surface area contributed by atoms with Gasteiger partial charge in [0.05, 0.1) is 0 Å². The van der Waals surface area contributed by atoms with Crippen LogP contribution in [-0.2, 0) is 16.0 Å². The Labute approximate surface area is 181 Å². The highest BCUT2D eigenvalue weighted by atomic mass is 16.2. The summed E-state index contributed by atoms with van der Waals surface area (Å²) in [4.78, 5) is 30.2. The largest absolute Gasteiger partial charge is 0.344 e. The van der Waals surface area contributed by atoms with Crippen LogP contribution >= 0.6 is 0 Å². The van der Waals surface area contributed by atoms with Crippen molar-refractivity contribution in [2.75, 3.05) is 26.2 Å². The van der Waals surface area contributed by atoms with E-state index in [-0.39, 0.29) is 17.9 Å². The fraction of sp³-hybridized carbons (Fsp3) is 0.680. The van der Waals surface area contributed by atoms with E-state index in [0.717, 1.165) is 51.9 Å². The fourth-order valence-electron chi connectivity index (χ4n) is 5.86. The molecule has 0 radical (unpaired) electrons. The molecule has 164 valence electrons. The van der Waals surface area contributed by atoms with Crippen LogP contribution in [0.15, 0.2) is 30.3 Å². The predicted octanol–water partition coefficient (Wildman–Crippen LogP) is 3.24. The van der Waals surface area contributed by atoms with Crippen molar-refractivity contribution in [2.45, 2.75) is 70.4 Å². The van der Waals surface area contributed by atoms with Crippen LogP contribution in [0.25, 0.3) is 0 Å². The molecule has 2 aliphatic heterocycles. The maximum Gasteiger partial charge on any atom is 0.245 e. The molecule has 2 heterocycles. The van der Waals surface area contributed by atoms with E-state index in [2.05, 4.69) is 45.4 Å². The monoisotopic (exact) mass is 411 g/mol. The first kappa shape index (κ1) is 21.4. The lowest BCUT2D eigenvalue weighted by atomic mass is 9.83. The van der Waals surface area contributed by atoms with Crippen molar-refractivity contribution >= 4 is 11.8 Å². The Morgan fingerprint density at radius 3 is 2.50 bits per heavy atom. The van der Waals surface area contributed by atoms with E-state index in [1.165, 1.54) is 31.2 Å². The number of hydrogen-bond donors (Lipinski definition) is 1. The van der Waals surface area contributed by atoms with Crippen molar-refractivity contribution in [3.63, 3.8) is 0 Å². The average Bonchev–Trinajstić information content (AvgIpc) is 3.20. The van der Waals surface area contributed by atoms with Crippen LogP contribution in [0.4, 0.5) is 0 Å². The summed E-state index contributed by atoms with van der Waals surface area (Å²) in [7, 11) is 0. The molecular weight excluding hydrogens is 374 g/mol. The molecule has 5 heteroatoms. The molecular formula is C25H37N3O2. The fourth-order valence-corrected chi connectivity index (χ4v) is 5.86. The summed E-state index contributed by atoms with van der Waals surface area (Å²) >= 11 is 0. The Hall–Kier alpha value is -1.88. The Morgan fingerprint density at radius 2 is 1.77 bits per heavy atom. The van der Waals surface area contributed by atoms with Gasteiger partial charge in [0.25, 0.3) is 0 Å². The van der Waals surface area contributed by atoms with Gasteiger partial charge in [0.1, 0.15) is 6.04 Å². The molecule has 3 atom stereocenters. The molecule has 3 fully saturated rings. The van der Waals surface area contributed by atoms with Crippen LogP contribution in [0.2, 0.25) is 0 Å². The van der Waals surface area contributed by atoms with Crippen molar-refractivity contribution in [1.82, 2.24) is 15.1 Å². The Kier molecular flexibility index (Phi) is 7.08. The lowest BCUT2D eigenvalue weighted by Crippen LogP contribution is -2.57. The van der Waals surface area contributed by atoms with E-state index in [0.29, 0.717) is 17.9 Å². The van der Waals surface area contributed by atoms with Crippen molar-refractivity contribution in [2.24, 2.45) is 11.8 Å². The normalized spacial score (nSPS) is 26.2. The van der Waals surface area contributed by atoms with Gasteiger partial charge in [-0.2, -0.15) is 0 Å². The highest BCUT2D eigenvalue weighted by molar-refractivity contribution is 5.87. The van der Waals surface area contributed by atoms with Gasteiger partial charge in [0.15, 0.2) is 0 Å². The van der Waals surface area contributed by atoms with E-state index in [4.69, 9.17) is 0 Å². The smallest absolute Gasteiger partial charge is 0.245 e. The van der Waals surface area contributed by atoms with Crippen LogP contribution in [0.3, 0.4) is 0 Å². The molecule has 1 saturated carbocycles. The van der Waals surface area contributed by atoms with Gasteiger partial charge in [-0.05, 0) is 56.0 Å². The van der Waals surface area contributed by atoms with Crippen molar-refractivity contribution in [3.8, 4) is 0 Å². The van der Waals surface area contributed by atoms with Gasteiger partial charge in [0, 0.05) is 32.6 Å². The SMILES string of the molecule is CC(=O)NC(C(=O)N1CC[C@H]2CCN(CCc3ccccc3)C[C@H]21)C1CCCCC1. The quantitative estimate of drug-likeness (QED) is 0.782. The van der Waals surface area contributed by atoms with E-state index >= 15 is 0 Å². The number of nitrogens with zero attached hydrogens (tertiary/aromatic N) is 2. The summed E-state index contributed by atoms with van der Waals surface area (Å²) in [6, 6.07) is 10.6. The number of nitrogens with one attached hydrogen (secondary N) is 1. The number of rotatable bonds is 6. The van der Waals surface area contributed by atoms with E-state index in [1.807, 2.05) is 0 Å². The third-order valence-corrected chi connectivity index (χ3v) is 7.54. The minimum absolute atomic E-state index is 0.0807. The first-order valence-electron chi connectivity index (χ1n) is 12.0. The molecule has 1 N–H and O–H groups in total. The summed E-state index contributed by atoms with van der Waals surface area (Å²) in [6.45, 7) is 5.55. The van der Waals surface area contributed by atoms with Crippen molar-refractivity contribution in [3.05, 3.63) is 35.9 Å². The van der Waals surface area contributed by atoms with Gasteiger partial charge in [-0.25, -0.2) is 0 Å². The first-order valence-corrected chi connectivity index (χ1v) is 12.0. The van der Waals surface area contributed by atoms with Crippen LogP contribution in [0.5, 0.6) is 0 Å². The number of amides is 2. The second kappa shape index (κ2) is 9.95. The number of carbonyl (C=O) groups excluding carboxylic acids is 2. The summed E-state index contributed by atoms with van der Waals surface area (Å²) in [5, 5.41) is 3.04. The predicted molar refractivity (Wildman–Crippen MR) is 119 cm³/mol. The average molecular weight is 412 g/mol. The molecule has 1 unspecified atom stereocenters. The molecule has 1 aromatic rings. The molecule has 5 nitrogen and oxygen atoms in total. The number of likely N-dealkylation sites (tertiary alicyclic amines) is 2. The Morgan fingerprint density at radius 1 is 1.03 bits per heavy atom. The second-order valence-electron chi connectivity index (χ2n) is 9.55. The molecule has 0 bridgehead atoms. The van der Waals surface area contributed by atoms with Crippen molar-refractivity contribution in [1.29, 1.82) is 0 Å². The summed E-state index contributed by atoms with van der Waals surface area (Å²) in [5.41, 5.74) is 1.38. The van der Waals surface area contributed by atoms with E-state index < -0.39 is 0 Å². The molecule has 0 aromatic heterocycles. The summed E-state index contributed by atoms with van der Waals surface area (Å²) in [5.74, 6) is 1.01. The molecule has 3 aliphatic rings. The van der Waals surface area contributed by atoms with Gasteiger partial charge in [-0.15, -0.1) is 0 Å². The summed E-state index contributed by atoms with van der Waals surface area (Å²) < 4.78 is 0. The first-order chi connectivity index (χ1) is 14.6. The minimum Gasteiger partial charge on any atom is -0.344 e. The highest BCUT2D eigenvalue weighted by Crippen LogP contribution is 2.34. The van der Waals surface area contributed by atoms with E-state index in [9.17, 15) is 9.59 Å². The van der Waals surface area contributed by atoms with Gasteiger partial charge in [-0.3, -0.25) is 9.59 Å². The van der Waals surface area contributed by atoms with Gasteiger partial charge < -0.3 is 15.1 Å². The molecule has 30 heavy (non-hydrogen) atoms. The van der Waals surface area contributed by atoms with Crippen LogP contribution < -0.4 is 5.32 Å².